The molecule has 0 saturated heterocycles. The molecule has 8 nitrogen and oxygen atoms in total. The average Bonchev–Trinajstić information content (AvgIpc) is 3.11. The van der Waals surface area contributed by atoms with Gasteiger partial charge in [0.25, 0.3) is 0 Å². The van der Waals surface area contributed by atoms with Crippen molar-refractivity contribution in [2.75, 3.05) is 0 Å². The van der Waals surface area contributed by atoms with Crippen LogP contribution < -0.4 is 16.6 Å². The van der Waals surface area contributed by atoms with Crippen molar-refractivity contribution in [2.24, 2.45) is 10.7 Å². The number of aromatic nitrogens is 2. The molecule has 0 spiro atoms. The Morgan fingerprint density at radius 3 is 2.61 bits per heavy atom. The van der Waals surface area contributed by atoms with Gasteiger partial charge in [0.05, 0.1) is 11.6 Å². The minimum Gasteiger partial charge on any atom is -0.369 e. The molecule has 2 aromatic carbocycles. The molecule has 0 fully saturated rings. The lowest BCUT2D eigenvalue weighted by Gasteiger charge is -2.14. The number of rotatable bonds is 4. The number of nitrogens with one attached hydrogen (secondary N) is 2. The predicted molar refractivity (Wildman–Crippen MR) is 117 cm³/mol. The molecule has 0 aliphatic rings. The maximum absolute atomic E-state index is 14.8. The van der Waals surface area contributed by atoms with Crippen molar-refractivity contribution in [3.05, 3.63) is 57.6 Å². The van der Waals surface area contributed by atoms with E-state index in [4.69, 9.17) is 33.5 Å². The highest BCUT2D eigenvalue weighted by molar-refractivity contribution is 6.32. The van der Waals surface area contributed by atoms with E-state index in [0.717, 1.165) is 0 Å². The van der Waals surface area contributed by atoms with Crippen LogP contribution >= 0.6 is 23.2 Å². The summed E-state index contributed by atoms with van der Waals surface area (Å²) in [6.45, 7) is 4.74. The topological polar surface area (TPSA) is 118 Å². The highest BCUT2D eigenvalue weighted by atomic mass is 35.5. The van der Waals surface area contributed by atoms with Crippen LogP contribution in [0.5, 0.6) is 0 Å². The van der Waals surface area contributed by atoms with Crippen molar-refractivity contribution in [3.8, 4) is 22.5 Å². The molecule has 3 aromatic rings. The molecule has 31 heavy (non-hydrogen) atoms. The average molecular weight is 465 g/mol. The summed E-state index contributed by atoms with van der Waals surface area (Å²) in [6, 6.07) is 7.55. The third kappa shape index (κ3) is 5.31. The van der Waals surface area contributed by atoms with E-state index in [1.165, 1.54) is 13.0 Å². The zero-order valence-corrected chi connectivity index (χ0v) is 18.3. The summed E-state index contributed by atoms with van der Waals surface area (Å²) in [5.41, 5.74) is 12.5. The van der Waals surface area contributed by atoms with E-state index in [1.54, 1.807) is 38.1 Å². The lowest BCUT2D eigenvalue weighted by atomic mass is 9.96. The van der Waals surface area contributed by atoms with E-state index < -0.39 is 11.9 Å². The van der Waals surface area contributed by atoms with E-state index in [9.17, 15) is 9.18 Å². The van der Waals surface area contributed by atoms with Gasteiger partial charge < -0.3 is 10.3 Å². The number of amides is 1. The number of carbonyl (C=O) groups is 1. The fourth-order valence-electron chi connectivity index (χ4n) is 2.93. The van der Waals surface area contributed by atoms with Gasteiger partial charge in [-0.2, -0.15) is 4.98 Å². The first-order chi connectivity index (χ1) is 14.7. The summed E-state index contributed by atoms with van der Waals surface area (Å²) in [7, 11) is 0. The molecule has 1 amide bonds. The summed E-state index contributed by atoms with van der Waals surface area (Å²) in [5, 5.41) is 4.42. The monoisotopic (exact) mass is 464 g/mol. The highest BCUT2D eigenvalue weighted by Gasteiger charge is 2.20. The Morgan fingerprint density at radius 1 is 1.26 bits per heavy atom. The predicted octanol–water partition coefficient (Wildman–Crippen LogP) is 4.17. The minimum absolute atomic E-state index is 0.0227. The summed E-state index contributed by atoms with van der Waals surface area (Å²) in [5.74, 6) is -0.458. The van der Waals surface area contributed by atoms with Crippen LogP contribution in [-0.2, 0) is 4.79 Å². The zero-order valence-electron chi connectivity index (χ0n) is 16.8. The number of nitrogens with zero attached hydrogens (tertiary/aromatic N) is 3. The molecule has 0 bridgehead atoms. The van der Waals surface area contributed by atoms with Crippen molar-refractivity contribution in [1.29, 1.82) is 0 Å². The van der Waals surface area contributed by atoms with Gasteiger partial charge in [-0.15, -0.1) is 0 Å². The molecule has 1 aromatic heterocycles. The molecule has 0 unspecified atom stereocenters. The Hall–Kier alpha value is -3.17. The second kappa shape index (κ2) is 9.32. The van der Waals surface area contributed by atoms with Gasteiger partial charge in [-0.3, -0.25) is 15.6 Å². The van der Waals surface area contributed by atoms with E-state index in [0.29, 0.717) is 27.6 Å². The van der Waals surface area contributed by atoms with Crippen molar-refractivity contribution >= 4 is 35.1 Å². The Labute approximate surface area is 187 Å². The summed E-state index contributed by atoms with van der Waals surface area (Å²) in [4.78, 5) is 19.3. The molecular weight excluding hydrogens is 446 g/mol. The van der Waals surface area contributed by atoms with Gasteiger partial charge in [0.1, 0.15) is 5.82 Å². The molecule has 162 valence electrons. The maximum Gasteiger partial charge on any atom is 0.235 e. The second-order valence-electron chi connectivity index (χ2n) is 6.68. The zero-order chi connectivity index (χ0) is 22.7. The van der Waals surface area contributed by atoms with Crippen molar-refractivity contribution in [3.63, 3.8) is 0 Å². The minimum atomic E-state index is -0.585. The molecule has 0 saturated carbocycles. The van der Waals surface area contributed by atoms with Crippen LogP contribution in [0.3, 0.4) is 0 Å². The van der Waals surface area contributed by atoms with Gasteiger partial charge in [0.15, 0.2) is 0 Å². The van der Waals surface area contributed by atoms with Gasteiger partial charge in [0, 0.05) is 23.9 Å². The molecule has 3 rings (SSSR count). The fraction of sp³-hybridized carbons (Fsp3) is 0.200. The van der Waals surface area contributed by atoms with Crippen LogP contribution in [0.4, 0.5) is 4.39 Å². The quantitative estimate of drug-likeness (QED) is 0.302. The van der Waals surface area contributed by atoms with Crippen molar-refractivity contribution in [2.45, 2.75) is 26.8 Å². The van der Waals surface area contributed by atoms with Gasteiger partial charge >= 0.3 is 0 Å². The number of hydrogen-bond donors (Lipinski definition) is 3. The summed E-state index contributed by atoms with van der Waals surface area (Å²) in [6.07, 6.45) is 0. The van der Waals surface area contributed by atoms with Gasteiger partial charge in [-0.25, -0.2) is 9.38 Å². The number of aliphatic imine (C=N–C) groups is 1. The van der Waals surface area contributed by atoms with E-state index in [-0.39, 0.29) is 28.3 Å². The van der Waals surface area contributed by atoms with E-state index >= 15 is 0 Å². The van der Waals surface area contributed by atoms with Gasteiger partial charge in [-0.1, -0.05) is 40.5 Å². The SMILES string of the molecule is CC(=O)NNC(N)=N[C@H](C)c1ccc(-c2cc(Cl)cc(F)c2-c2noc(C)n2)cc1Cl. The normalized spacial score (nSPS) is 12.5. The Kier molecular flexibility index (Phi) is 6.77. The van der Waals surface area contributed by atoms with Gasteiger partial charge in [0.2, 0.25) is 23.6 Å². The molecule has 4 N–H and O–H groups in total. The number of halogens is 3. The fourth-order valence-corrected chi connectivity index (χ4v) is 3.47. The lowest BCUT2D eigenvalue weighted by Crippen LogP contribution is -2.44. The van der Waals surface area contributed by atoms with Crippen LogP contribution in [0.1, 0.15) is 31.3 Å². The summed E-state index contributed by atoms with van der Waals surface area (Å²) >= 11 is 12.6. The molecule has 11 heteroatoms. The number of hydrogen-bond acceptors (Lipinski definition) is 5. The molecule has 0 aliphatic heterocycles. The third-order valence-corrected chi connectivity index (χ3v) is 4.81. The highest BCUT2D eigenvalue weighted by Crippen LogP contribution is 2.38. The van der Waals surface area contributed by atoms with Crippen LogP contribution in [0.15, 0.2) is 39.8 Å². The third-order valence-electron chi connectivity index (χ3n) is 4.27. The Bertz CT molecular complexity index is 1160. The maximum atomic E-state index is 14.8. The largest absolute Gasteiger partial charge is 0.369 e. The Balaban J connectivity index is 1.98. The molecule has 1 heterocycles. The molecular formula is C20H19Cl2FN6O2. The summed E-state index contributed by atoms with van der Waals surface area (Å²) < 4.78 is 19.8. The van der Waals surface area contributed by atoms with E-state index in [1.807, 2.05) is 0 Å². The number of benzene rings is 2. The smallest absolute Gasteiger partial charge is 0.235 e. The number of guanidine groups is 1. The number of nitrogens with two attached hydrogens (primary N) is 1. The first-order valence-corrected chi connectivity index (χ1v) is 9.86. The van der Waals surface area contributed by atoms with Crippen LogP contribution in [0.25, 0.3) is 22.5 Å². The van der Waals surface area contributed by atoms with Crippen molar-refractivity contribution in [1.82, 2.24) is 21.0 Å². The molecule has 0 aliphatic carbocycles. The lowest BCUT2D eigenvalue weighted by molar-refractivity contribution is -0.119. The van der Waals surface area contributed by atoms with E-state index in [2.05, 4.69) is 26.0 Å². The van der Waals surface area contributed by atoms with Gasteiger partial charge in [-0.05, 0) is 41.8 Å². The number of aryl methyl sites for hydroxylation is 1. The second-order valence-corrected chi connectivity index (χ2v) is 7.52. The van der Waals surface area contributed by atoms with Crippen LogP contribution in [0.2, 0.25) is 10.0 Å². The first kappa shape index (κ1) is 22.5. The number of carbonyl (C=O) groups excluding carboxylic acids is 1. The van der Waals surface area contributed by atoms with Crippen LogP contribution in [-0.4, -0.2) is 22.0 Å². The standard InChI is InChI=1S/C20H19Cl2FN6O2/c1-9(25-20(24)28-27-10(2)30)14-5-4-12(6-16(14)22)15-7-13(21)8-17(23)18(15)19-26-11(3)31-29-19/h4-9H,1-3H3,(H,27,30)(H3,24,25,28)/t9-/m1/s1. The molecule has 0 radical (unpaired) electrons. The van der Waals surface area contributed by atoms with Crippen LogP contribution in [0, 0.1) is 12.7 Å². The Morgan fingerprint density at radius 2 is 2.00 bits per heavy atom. The first-order valence-electron chi connectivity index (χ1n) is 9.11. The molecule has 1 atom stereocenters. The van der Waals surface area contributed by atoms with Crippen molar-refractivity contribution < 1.29 is 13.7 Å². The number of hydrazine groups is 1.